The maximum atomic E-state index is 13.4. The summed E-state index contributed by atoms with van der Waals surface area (Å²) >= 11 is 0. The Labute approximate surface area is 164 Å². The molecule has 0 saturated carbocycles. The Morgan fingerprint density at radius 2 is 1.85 bits per heavy atom. The first-order valence-electron chi connectivity index (χ1n) is 9.32. The molecule has 0 heterocycles. The second kappa shape index (κ2) is 11.5. The number of aliphatic hydroxyl groups is 1. The van der Waals surface area contributed by atoms with Crippen molar-refractivity contribution in [3.8, 4) is 0 Å². The molecule has 4 heteroatoms. The summed E-state index contributed by atoms with van der Waals surface area (Å²) in [6.07, 6.45) is 7.55. The summed E-state index contributed by atoms with van der Waals surface area (Å²) in [4.78, 5) is 1.50. The molecule has 2 rings (SSSR count). The van der Waals surface area contributed by atoms with Crippen molar-refractivity contribution in [2.75, 3.05) is 6.61 Å². The van der Waals surface area contributed by atoms with Crippen molar-refractivity contribution in [2.45, 2.75) is 44.1 Å². The number of ether oxygens (including phenoxy) is 1. The number of aryl methyl sites for hydroxylation is 1. The van der Waals surface area contributed by atoms with Gasteiger partial charge in [0.25, 0.3) is 0 Å². The summed E-state index contributed by atoms with van der Waals surface area (Å²) in [7, 11) is -1.33. The van der Waals surface area contributed by atoms with Crippen LogP contribution in [0.15, 0.2) is 82.8 Å². The second-order valence-electron chi connectivity index (χ2n) is 6.31. The lowest BCUT2D eigenvalue weighted by atomic mass is 10.1. The highest BCUT2D eigenvalue weighted by Crippen LogP contribution is 2.32. The van der Waals surface area contributed by atoms with Crippen LogP contribution in [0.5, 0.6) is 0 Å². The summed E-state index contributed by atoms with van der Waals surface area (Å²) in [6, 6.07) is 17.5. The van der Waals surface area contributed by atoms with E-state index in [1.807, 2.05) is 67.6 Å². The molecule has 0 aliphatic heterocycles. The van der Waals surface area contributed by atoms with E-state index in [1.165, 1.54) is 12.3 Å². The zero-order valence-corrected chi connectivity index (χ0v) is 16.8. The molecule has 0 spiro atoms. The van der Waals surface area contributed by atoms with E-state index in [1.54, 1.807) is 0 Å². The van der Waals surface area contributed by atoms with Gasteiger partial charge in [0.1, 0.15) is 0 Å². The van der Waals surface area contributed by atoms with Gasteiger partial charge in [0.05, 0.1) is 28.6 Å². The molecule has 2 atom stereocenters. The van der Waals surface area contributed by atoms with Crippen LogP contribution >= 0.6 is 0 Å². The van der Waals surface area contributed by atoms with E-state index >= 15 is 0 Å². The molecule has 0 amide bonds. The first-order chi connectivity index (χ1) is 13.2. The van der Waals surface area contributed by atoms with E-state index < -0.39 is 16.9 Å². The van der Waals surface area contributed by atoms with Crippen molar-refractivity contribution in [2.24, 2.45) is 0 Å². The van der Waals surface area contributed by atoms with E-state index in [-0.39, 0.29) is 6.61 Å². The Morgan fingerprint density at radius 1 is 1.15 bits per heavy atom. The molecular weight excluding hydrogens is 356 g/mol. The highest BCUT2D eigenvalue weighted by molar-refractivity contribution is 7.89. The Bertz CT molecular complexity index is 764. The molecule has 2 aromatic rings. The fourth-order valence-electron chi connectivity index (χ4n) is 2.64. The predicted octanol–water partition coefficient (Wildman–Crippen LogP) is 5.44. The van der Waals surface area contributed by atoms with E-state index in [0.29, 0.717) is 0 Å². The number of aliphatic hydroxyl groups excluding tert-OH is 1. The fourth-order valence-corrected chi connectivity index (χ4v) is 3.95. The molecule has 0 bridgehead atoms. The van der Waals surface area contributed by atoms with Crippen LogP contribution in [0.2, 0.25) is 0 Å². The van der Waals surface area contributed by atoms with E-state index in [2.05, 4.69) is 6.92 Å². The van der Waals surface area contributed by atoms with Gasteiger partial charge in [-0.05, 0) is 37.1 Å². The zero-order valence-electron chi connectivity index (χ0n) is 16.0. The molecule has 0 aliphatic carbocycles. The van der Waals surface area contributed by atoms with Crippen LogP contribution in [-0.2, 0) is 15.5 Å². The van der Waals surface area contributed by atoms with Crippen molar-refractivity contribution in [3.63, 3.8) is 0 Å². The van der Waals surface area contributed by atoms with Gasteiger partial charge < -0.3 is 9.84 Å². The number of unbranched alkanes of at least 4 members (excludes halogenated alkanes) is 2. The minimum atomic E-state index is -1.33. The van der Waals surface area contributed by atoms with E-state index in [0.717, 1.165) is 40.2 Å². The molecule has 0 saturated heterocycles. The van der Waals surface area contributed by atoms with Gasteiger partial charge in [-0.15, -0.1) is 0 Å². The molecule has 27 heavy (non-hydrogen) atoms. The number of allylic oxidation sites excluding steroid dienone is 1. The molecule has 2 aromatic carbocycles. The molecule has 0 aliphatic rings. The summed E-state index contributed by atoms with van der Waals surface area (Å²) in [5.41, 5.74) is 2.07. The average Bonchev–Trinajstić information content (AvgIpc) is 2.70. The Hall–Kier alpha value is -2.17. The molecule has 0 fully saturated rings. The van der Waals surface area contributed by atoms with Crippen molar-refractivity contribution in [1.82, 2.24) is 0 Å². The van der Waals surface area contributed by atoms with Crippen molar-refractivity contribution >= 4 is 10.8 Å². The summed E-state index contributed by atoms with van der Waals surface area (Å²) < 4.78 is 19.3. The molecule has 1 N–H and O–H groups in total. The SMILES string of the molecule is CCCC/C=C(\[C@@H](O/C=C/CO)c1ccccc1)S(=O)c1ccc(C)cc1. The molecule has 0 aromatic heterocycles. The third-order valence-electron chi connectivity index (χ3n) is 4.13. The predicted molar refractivity (Wildman–Crippen MR) is 112 cm³/mol. The molecular formula is C23H28O3S. The van der Waals surface area contributed by atoms with Gasteiger partial charge in [-0.2, -0.15) is 0 Å². The van der Waals surface area contributed by atoms with Gasteiger partial charge >= 0.3 is 0 Å². The average molecular weight is 385 g/mol. The first kappa shape index (κ1) is 21.1. The van der Waals surface area contributed by atoms with Crippen molar-refractivity contribution in [1.29, 1.82) is 0 Å². The topological polar surface area (TPSA) is 46.5 Å². The lowest BCUT2D eigenvalue weighted by Crippen LogP contribution is -2.10. The maximum Gasteiger partial charge on any atom is 0.156 e. The largest absolute Gasteiger partial charge is 0.488 e. The number of hydrogen-bond donors (Lipinski definition) is 1. The first-order valence-corrected chi connectivity index (χ1v) is 10.5. The highest BCUT2D eigenvalue weighted by Gasteiger charge is 2.23. The standard InChI is InChI=1S/C23H28O3S/c1-3-4-6-12-22(27(25)21-15-13-19(2)14-16-21)23(26-18-9-17-24)20-10-7-5-8-11-20/h5,7-16,18,23-24H,3-4,6,17H2,1-2H3/b18-9+,22-12+/t23-,27?/m0/s1. The van der Waals surface area contributed by atoms with E-state index in [4.69, 9.17) is 9.84 Å². The van der Waals surface area contributed by atoms with E-state index in [9.17, 15) is 4.21 Å². The number of benzene rings is 2. The van der Waals surface area contributed by atoms with Crippen molar-refractivity contribution < 1.29 is 14.1 Å². The van der Waals surface area contributed by atoms with Crippen molar-refractivity contribution in [3.05, 3.63) is 89.0 Å². The maximum absolute atomic E-state index is 13.4. The van der Waals surface area contributed by atoms with Gasteiger partial charge in [0.2, 0.25) is 0 Å². The van der Waals surface area contributed by atoms with Crippen LogP contribution in [0.25, 0.3) is 0 Å². The second-order valence-corrected chi connectivity index (χ2v) is 7.79. The third kappa shape index (κ3) is 6.49. The molecule has 144 valence electrons. The Morgan fingerprint density at radius 3 is 2.48 bits per heavy atom. The smallest absolute Gasteiger partial charge is 0.156 e. The summed E-state index contributed by atoms with van der Waals surface area (Å²) in [6.45, 7) is 4.05. The van der Waals surface area contributed by atoms with Gasteiger partial charge in [0, 0.05) is 4.90 Å². The molecule has 1 unspecified atom stereocenters. The van der Waals surface area contributed by atoms with Crippen LogP contribution in [0.1, 0.15) is 43.4 Å². The van der Waals surface area contributed by atoms with Crippen LogP contribution in [-0.4, -0.2) is 15.9 Å². The lowest BCUT2D eigenvalue weighted by Gasteiger charge is -2.21. The molecule has 0 radical (unpaired) electrons. The van der Waals surface area contributed by atoms with Crippen LogP contribution in [0.3, 0.4) is 0 Å². The highest BCUT2D eigenvalue weighted by atomic mass is 32.2. The van der Waals surface area contributed by atoms with Gasteiger partial charge in [-0.3, -0.25) is 0 Å². The monoisotopic (exact) mass is 384 g/mol. The number of hydrogen-bond acceptors (Lipinski definition) is 3. The molecule has 3 nitrogen and oxygen atoms in total. The summed E-state index contributed by atoms with van der Waals surface area (Å²) in [5, 5.41) is 9.03. The fraction of sp³-hybridized carbons (Fsp3) is 0.304. The lowest BCUT2D eigenvalue weighted by molar-refractivity contribution is 0.182. The number of rotatable bonds is 10. The van der Waals surface area contributed by atoms with Crippen LogP contribution in [0.4, 0.5) is 0 Å². The quantitative estimate of drug-likeness (QED) is 0.438. The van der Waals surface area contributed by atoms with Gasteiger partial charge in [0.15, 0.2) is 6.10 Å². The van der Waals surface area contributed by atoms with Crippen LogP contribution in [0, 0.1) is 6.92 Å². The minimum Gasteiger partial charge on any atom is -0.488 e. The Kier molecular flexibility index (Phi) is 9.02. The van der Waals surface area contributed by atoms with Crippen LogP contribution < -0.4 is 0 Å². The van der Waals surface area contributed by atoms with Gasteiger partial charge in [-0.1, -0.05) is 73.9 Å². The minimum absolute atomic E-state index is 0.0998. The Balaban J connectivity index is 2.43. The van der Waals surface area contributed by atoms with Gasteiger partial charge in [-0.25, -0.2) is 4.21 Å². The summed E-state index contributed by atoms with van der Waals surface area (Å²) in [5.74, 6) is 0. The third-order valence-corrected chi connectivity index (χ3v) is 5.64. The normalized spacial score (nSPS) is 14.3. The zero-order chi connectivity index (χ0) is 19.5.